The first-order valence-corrected chi connectivity index (χ1v) is 5.32. The monoisotopic (exact) mass is 240 g/mol. The molecule has 0 aliphatic heterocycles. The number of primary amides is 1. The van der Waals surface area contributed by atoms with Crippen molar-refractivity contribution < 1.29 is 19.1 Å². The Morgan fingerprint density at radius 2 is 2.24 bits per heavy atom. The number of furan rings is 1. The highest BCUT2D eigenvalue weighted by atomic mass is 16.4. The third-order valence-corrected chi connectivity index (χ3v) is 2.32. The quantitative estimate of drug-likeness (QED) is 0.606. The highest BCUT2D eigenvalue weighted by molar-refractivity contribution is 5.84. The molecule has 6 heteroatoms. The van der Waals surface area contributed by atoms with Gasteiger partial charge >= 0.3 is 5.97 Å². The highest BCUT2D eigenvalue weighted by Crippen LogP contribution is 2.14. The number of aryl methyl sites for hydroxylation is 1. The van der Waals surface area contributed by atoms with Gasteiger partial charge in [0, 0.05) is 18.5 Å². The molecular formula is C11H16N2O4. The van der Waals surface area contributed by atoms with Crippen LogP contribution in [0.25, 0.3) is 0 Å². The summed E-state index contributed by atoms with van der Waals surface area (Å²) in [4.78, 5) is 21.1. The predicted molar refractivity (Wildman–Crippen MR) is 60.5 cm³/mol. The Balaban J connectivity index is 2.36. The first-order valence-electron chi connectivity index (χ1n) is 5.32. The van der Waals surface area contributed by atoms with E-state index in [-0.39, 0.29) is 11.7 Å². The molecule has 1 heterocycles. The van der Waals surface area contributed by atoms with E-state index in [0.29, 0.717) is 31.7 Å². The van der Waals surface area contributed by atoms with Crippen molar-refractivity contribution in [1.82, 2.24) is 5.32 Å². The minimum atomic E-state index is -1.08. The Morgan fingerprint density at radius 3 is 2.76 bits per heavy atom. The summed E-state index contributed by atoms with van der Waals surface area (Å²) >= 11 is 0. The summed E-state index contributed by atoms with van der Waals surface area (Å²) in [6.07, 6.45) is 1.01. The van der Waals surface area contributed by atoms with E-state index in [4.69, 9.17) is 15.3 Å². The molecule has 1 amide bonds. The maximum Gasteiger partial charge on any atom is 0.371 e. The predicted octanol–water partition coefficient (Wildman–Crippen LogP) is 0.641. The van der Waals surface area contributed by atoms with E-state index in [1.165, 1.54) is 6.07 Å². The average molecular weight is 240 g/mol. The second-order valence-electron chi connectivity index (χ2n) is 3.74. The molecule has 17 heavy (non-hydrogen) atoms. The van der Waals surface area contributed by atoms with Crippen molar-refractivity contribution in [1.29, 1.82) is 0 Å². The smallest absolute Gasteiger partial charge is 0.371 e. The molecule has 0 atom stereocenters. The van der Waals surface area contributed by atoms with Crippen molar-refractivity contribution in [2.24, 2.45) is 5.73 Å². The van der Waals surface area contributed by atoms with Crippen molar-refractivity contribution in [3.8, 4) is 0 Å². The second-order valence-corrected chi connectivity index (χ2v) is 3.74. The molecule has 0 saturated carbocycles. The van der Waals surface area contributed by atoms with Crippen LogP contribution in [0, 0.1) is 6.92 Å². The zero-order valence-corrected chi connectivity index (χ0v) is 9.66. The number of carboxylic acids is 1. The summed E-state index contributed by atoms with van der Waals surface area (Å²) in [6.45, 7) is 2.88. The first kappa shape index (κ1) is 13.2. The van der Waals surface area contributed by atoms with E-state index in [1.54, 1.807) is 6.92 Å². The van der Waals surface area contributed by atoms with E-state index in [1.807, 2.05) is 0 Å². The lowest BCUT2D eigenvalue weighted by molar-refractivity contribution is -0.118. The molecule has 1 aromatic heterocycles. The lowest BCUT2D eigenvalue weighted by Crippen LogP contribution is -2.18. The van der Waals surface area contributed by atoms with Crippen molar-refractivity contribution in [3.05, 3.63) is 23.2 Å². The van der Waals surface area contributed by atoms with Gasteiger partial charge in [-0.05, 0) is 26.0 Å². The lowest BCUT2D eigenvalue weighted by atomic mass is 10.2. The third kappa shape index (κ3) is 4.28. The summed E-state index contributed by atoms with van der Waals surface area (Å²) in [5, 5.41) is 11.8. The van der Waals surface area contributed by atoms with Gasteiger partial charge < -0.3 is 20.6 Å². The minimum absolute atomic E-state index is 0.0589. The Labute approximate surface area is 98.8 Å². The van der Waals surface area contributed by atoms with Crippen molar-refractivity contribution in [2.45, 2.75) is 26.3 Å². The largest absolute Gasteiger partial charge is 0.475 e. The SMILES string of the molecule is Cc1oc(C(=O)O)cc1CNCCCC(N)=O. The summed E-state index contributed by atoms with van der Waals surface area (Å²) in [5.74, 6) is -0.867. The molecular weight excluding hydrogens is 224 g/mol. The number of carbonyl (C=O) groups excluding carboxylic acids is 1. The van der Waals surface area contributed by atoms with Gasteiger partial charge in [-0.15, -0.1) is 0 Å². The maximum atomic E-state index is 10.7. The lowest BCUT2D eigenvalue weighted by Gasteiger charge is -2.02. The maximum absolute atomic E-state index is 10.7. The van der Waals surface area contributed by atoms with Crippen molar-refractivity contribution in [2.75, 3.05) is 6.54 Å². The number of amides is 1. The fourth-order valence-corrected chi connectivity index (χ4v) is 1.41. The molecule has 0 aromatic carbocycles. The molecule has 0 spiro atoms. The molecule has 0 radical (unpaired) electrons. The number of nitrogens with two attached hydrogens (primary N) is 1. The molecule has 0 aliphatic carbocycles. The standard InChI is InChI=1S/C11H16N2O4/c1-7-8(5-9(17-7)11(15)16)6-13-4-2-3-10(12)14/h5,13H,2-4,6H2,1H3,(H2,12,14)(H,15,16). The van der Waals surface area contributed by atoms with Crippen molar-refractivity contribution in [3.63, 3.8) is 0 Å². The molecule has 1 rings (SSSR count). The number of hydrogen-bond acceptors (Lipinski definition) is 4. The average Bonchev–Trinajstić information content (AvgIpc) is 2.59. The number of aromatic carboxylic acids is 1. The second kappa shape index (κ2) is 6.05. The Morgan fingerprint density at radius 1 is 1.53 bits per heavy atom. The van der Waals surface area contributed by atoms with Crippen LogP contribution < -0.4 is 11.1 Å². The molecule has 94 valence electrons. The van der Waals surface area contributed by atoms with E-state index < -0.39 is 5.97 Å². The Kier molecular flexibility index (Phi) is 4.71. The molecule has 0 saturated heterocycles. The van der Waals surface area contributed by atoms with Crippen LogP contribution in [-0.2, 0) is 11.3 Å². The number of hydrogen-bond donors (Lipinski definition) is 3. The number of carboxylic acid groups (broad SMARTS) is 1. The van der Waals surface area contributed by atoms with Gasteiger partial charge in [-0.25, -0.2) is 4.79 Å². The topological polar surface area (TPSA) is 106 Å². The molecule has 1 aromatic rings. The van der Waals surface area contributed by atoms with Gasteiger partial charge in [0.2, 0.25) is 11.7 Å². The molecule has 0 aliphatic rings. The fraction of sp³-hybridized carbons (Fsp3) is 0.455. The van der Waals surface area contributed by atoms with E-state index in [0.717, 1.165) is 5.56 Å². The van der Waals surface area contributed by atoms with E-state index in [9.17, 15) is 9.59 Å². The van der Waals surface area contributed by atoms with Crippen LogP contribution in [0.1, 0.15) is 34.7 Å². The van der Waals surface area contributed by atoms with E-state index in [2.05, 4.69) is 5.32 Å². The third-order valence-electron chi connectivity index (χ3n) is 2.32. The fourth-order valence-electron chi connectivity index (χ4n) is 1.41. The van der Waals surface area contributed by atoms with E-state index >= 15 is 0 Å². The van der Waals surface area contributed by atoms with Crippen LogP contribution in [-0.4, -0.2) is 23.5 Å². The highest BCUT2D eigenvalue weighted by Gasteiger charge is 2.12. The number of rotatable bonds is 7. The first-order chi connectivity index (χ1) is 8.00. The van der Waals surface area contributed by atoms with Gasteiger partial charge in [0.1, 0.15) is 5.76 Å². The summed E-state index contributed by atoms with van der Waals surface area (Å²) in [6, 6.07) is 1.50. The molecule has 6 nitrogen and oxygen atoms in total. The zero-order chi connectivity index (χ0) is 12.8. The number of nitrogens with one attached hydrogen (secondary N) is 1. The summed E-state index contributed by atoms with van der Waals surface area (Å²) in [5.41, 5.74) is 5.81. The van der Waals surface area contributed by atoms with Gasteiger partial charge in [0.05, 0.1) is 0 Å². The van der Waals surface area contributed by atoms with Crippen LogP contribution >= 0.6 is 0 Å². The van der Waals surface area contributed by atoms with Gasteiger partial charge in [0.15, 0.2) is 0 Å². The zero-order valence-electron chi connectivity index (χ0n) is 9.66. The van der Waals surface area contributed by atoms with Crippen LogP contribution in [0.2, 0.25) is 0 Å². The van der Waals surface area contributed by atoms with Crippen LogP contribution in [0.3, 0.4) is 0 Å². The van der Waals surface area contributed by atoms with Crippen LogP contribution in [0.4, 0.5) is 0 Å². The number of carbonyl (C=O) groups is 2. The van der Waals surface area contributed by atoms with Gasteiger partial charge in [0.25, 0.3) is 0 Å². The summed E-state index contributed by atoms with van der Waals surface area (Å²) < 4.78 is 5.06. The normalized spacial score (nSPS) is 10.4. The molecule has 0 bridgehead atoms. The van der Waals surface area contributed by atoms with Crippen LogP contribution in [0.15, 0.2) is 10.5 Å². The minimum Gasteiger partial charge on any atom is -0.475 e. The molecule has 4 N–H and O–H groups in total. The Bertz CT molecular complexity index is 412. The molecule has 0 fully saturated rings. The van der Waals surface area contributed by atoms with Gasteiger partial charge in [-0.2, -0.15) is 0 Å². The van der Waals surface area contributed by atoms with Crippen molar-refractivity contribution >= 4 is 11.9 Å². The van der Waals surface area contributed by atoms with Gasteiger partial charge in [-0.1, -0.05) is 0 Å². The van der Waals surface area contributed by atoms with Gasteiger partial charge in [-0.3, -0.25) is 4.79 Å². The Hall–Kier alpha value is -1.82. The molecule has 0 unspecified atom stereocenters. The summed E-state index contributed by atoms with van der Waals surface area (Å²) in [7, 11) is 0. The van der Waals surface area contributed by atoms with Crippen LogP contribution in [0.5, 0.6) is 0 Å².